The fourth-order valence-corrected chi connectivity index (χ4v) is 4.16. The number of halogens is 2. The second-order valence-corrected chi connectivity index (χ2v) is 8.33. The predicted octanol–water partition coefficient (Wildman–Crippen LogP) is 4.18. The molecule has 1 aromatic heterocycles. The highest BCUT2D eigenvalue weighted by molar-refractivity contribution is 9.10. The van der Waals surface area contributed by atoms with Gasteiger partial charge in [-0.15, -0.1) is 10.2 Å². The van der Waals surface area contributed by atoms with Gasteiger partial charge < -0.3 is 14.4 Å². The van der Waals surface area contributed by atoms with E-state index in [2.05, 4.69) is 31.0 Å². The summed E-state index contributed by atoms with van der Waals surface area (Å²) in [6.45, 7) is 3.25. The first-order valence-electron chi connectivity index (χ1n) is 9.26. The Labute approximate surface area is 181 Å². The van der Waals surface area contributed by atoms with Gasteiger partial charge in [-0.25, -0.2) is 4.39 Å². The van der Waals surface area contributed by atoms with E-state index in [1.807, 2.05) is 34.9 Å². The molecule has 0 spiro atoms. The van der Waals surface area contributed by atoms with Crippen LogP contribution in [-0.4, -0.2) is 53.4 Å². The van der Waals surface area contributed by atoms with Gasteiger partial charge in [0.1, 0.15) is 11.6 Å². The van der Waals surface area contributed by atoms with E-state index in [1.165, 1.54) is 23.9 Å². The van der Waals surface area contributed by atoms with Crippen LogP contribution in [0.4, 0.5) is 10.3 Å². The third kappa shape index (κ3) is 5.09. The lowest BCUT2D eigenvalue weighted by Gasteiger charge is -2.27. The molecule has 1 aliphatic rings. The van der Waals surface area contributed by atoms with E-state index in [0.717, 1.165) is 23.3 Å². The lowest BCUT2D eigenvalue weighted by molar-refractivity contribution is 0.122. The standard InChI is InChI=1S/C20H20BrFN4O2S/c21-15-3-1-6-18(13-15)28-11-12-29-20-24-23-19(25-7-9-27-10-8-25)26(20)17-5-2-4-16(22)14-17/h1-6,13-14H,7-12H2. The number of nitrogens with zero attached hydrogens (tertiary/aromatic N) is 4. The fraction of sp³-hybridized carbons (Fsp3) is 0.300. The molecule has 152 valence electrons. The predicted molar refractivity (Wildman–Crippen MR) is 115 cm³/mol. The van der Waals surface area contributed by atoms with Gasteiger partial charge in [-0.05, 0) is 36.4 Å². The van der Waals surface area contributed by atoms with E-state index in [4.69, 9.17) is 9.47 Å². The molecule has 0 bridgehead atoms. The quantitative estimate of drug-likeness (QED) is 0.375. The maximum Gasteiger partial charge on any atom is 0.232 e. The molecule has 0 N–H and O–H groups in total. The Bertz CT molecular complexity index is 965. The SMILES string of the molecule is Fc1cccc(-n2c(SCCOc3cccc(Br)c3)nnc2N2CCOCC2)c1. The van der Waals surface area contributed by atoms with Crippen LogP contribution in [0.2, 0.25) is 0 Å². The Kier molecular flexibility index (Phi) is 6.68. The highest BCUT2D eigenvalue weighted by Crippen LogP contribution is 2.27. The van der Waals surface area contributed by atoms with Crippen molar-refractivity contribution in [2.75, 3.05) is 43.6 Å². The van der Waals surface area contributed by atoms with Crippen molar-refractivity contribution in [2.45, 2.75) is 5.16 Å². The maximum absolute atomic E-state index is 13.9. The number of hydrogen-bond acceptors (Lipinski definition) is 6. The van der Waals surface area contributed by atoms with Crippen molar-refractivity contribution in [1.82, 2.24) is 14.8 Å². The molecular formula is C20H20BrFN4O2S. The fourth-order valence-electron chi connectivity index (χ4n) is 3.01. The third-order valence-electron chi connectivity index (χ3n) is 4.36. The Balaban J connectivity index is 1.50. The number of benzene rings is 2. The molecule has 2 aromatic carbocycles. The van der Waals surface area contributed by atoms with Crippen molar-refractivity contribution in [3.05, 3.63) is 58.8 Å². The molecule has 2 heterocycles. The first-order valence-corrected chi connectivity index (χ1v) is 11.0. The molecule has 0 unspecified atom stereocenters. The number of thioether (sulfide) groups is 1. The molecule has 1 saturated heterocycles. The zero-order valence-electron chi connectivity index (χ0n) is 15.6. The zero-order valence-corrected chi connectivity index (χ0v) is 18.0. The van der Waals surface area contributed by atoms with Gasteiger partial charge in [-0.3, -0.25) is 4.57 Å². The minimum Gasteiger partial charge on any atom is -0.493 e. The number of morpholine rings is 1. The summed E-state index contributed by atoms with van der Waals surface area (Å²) in [4.78, 5) is 2.11. The summed E-state index contributed by atoms with van der Waals surface area (Å²) in [6.07, 6.45) is 0. The van der Waals surface area contributed by atoms with Crippen molar-refractivity contribution < 1.29 is 13.9 Å². The van der Waals surface area contributed by atoms with E-state index in [0.29, 0.717) is 42.4 Å². The van der Waals surface area contributed by atoms with Gasteiger partial charge >= 0.3 is 0 Å². The Morgan fingerprint density at radius 1 is 1.10 bits per heavy atom. The van der Waals surface area contributed by atoms with Gasteiger partial charge in [-0.2, -0.15) is 0 Å². The van der Waals surface area contributed by atoms with Crippen LogP contribution >= 0.6 is 27.7 Å². The molecule has 6 nitrogen and oxygen atoms in total. The molecule has 0 aliphatic carbocycles. The average molecular weight is 479 g/mol. The number of anilines is 1. The first kappa shape index (κ1) is 20.2. The van der Waals surface area contributed by atoms with Gasteiger partial charge in [0.05, 0.1) is 25.5 Å². The summed E-state index contributed by atoms with van der Waals surface area (Å²) in [5.41, 5.74) is 0.701. The van der Waals surface area contributed by atoms with Gasteiger partial charge in [-0.1, -0.05) is 39.8 Å². The summed E-state index contributed by atoms with van der Waals surface area (Å²) in [6, 6.07) is 14.2. The van der Waals surface area contributed by atoms with Crippen molar-refractivity contribution in [1.29, 1.82) is 0 Å². The van der Waals surface area contributed by atoms with Gasteiger partial charge in [0, 0.05) is 23.3 Å². The number of aromatic nitrogens is 3. The topological polar surface area (TPSA) is 52.4 Å². The second-order valence-electron chi connectivity index (χ2n) is 6.35. The van der Waals surface area contributed by atoms with Gasteiger partial charge in [0.15, 0.2) is 5.16 Å². The van der Waals surface area contributed by atoms with Crippen LogP contribution in [-0.2, 0) is 4.74 Å². The lowest BCUT2D eigenvalue weighted by Crippen LogP contribution is -2.37. The van der Waals surface area contributed by atoms with Crippen LogP contribution in [0, 0.1) is 5.82 Å². The van der Waals surface area contributed by atoms with E-state index in [1.54, 1.807) is 6.07 Å². The minimum absolute atomic E-state index is 0.293. The highest BCUT2D eigenvalue weighted by Gasteiger charge is 2.22. The van der Waals surface area contributed by atoms with Gasteiger partial charge in [0.25, 0.3) is 0 Å². The normalized spacial score (nSPS) is 14.2. The zero-order chi connectivity index (χ0) is 20.1. The Morgan fingerprint density at radius 2 is 1.93 bits per heavy atom. The smallest absolute Gasteiger partial charge is 0.232 e. The molecular weight excluding hydrogens is 459 g/mol. The molecule has 4 rings (SSSR count). The lowest BCUT2D eigenvalue weighted by atomic mass is 10.3. The van der Waals surface area contributed by atoms with Crippen LogP contribution in [0.3, 0.4) is 0 Å². The van der Waals surface area contributed by atoms with Crippen molar-refractivity contribution >= 4 is 33.6 Å². The molecule has 0 radical (unpaired) electrons. The molecule has 1 aliphatic heterocycles. The van der Waals surface area contributed by atoms with E-state index in [9.17, 15) is 4.39 Å². The second kappa shape index (κ2) is 9.60. The van der Waals surface area contributed by atoms with Crippen LogP contribution in [0.1, 0.15) is 0 Å². The molecule has 0 atom stereocenters. The summed E-state index contributed by atoms with van der Waals surface area (Å²) in [5.74, 6) is 1.90. The monoisotopic (exact) mass is 478 g/mol. The molecule has 9 heteroatoms. The van der Waals surface area contributed by atoms with Gasteiger partial charge in [0.2, 0.25) is 5.95 Å². The van der Waals surface area contributed by atoms with E-state index < -0.39 is 0 Å². The molecule has 0 saturated carbocycles. The molecule has 3 aromatic rings. The molecule has 1 fully saturated rings. The third-order valence-corrected chi connectivity index (χ3v) is 5.74. The van der Waals surface area contributed by atoms with Crippen LogP contribution in [0.15, 0.2) is 58.2 Å². The average Bonchev–Trinajstić information content (AvgIpc) is 3.16. The first-order chi connectivity index (χ1) is 14.2. The number of rotatable bonds is 7. The molecule has 29 heavy (non-hydrogen) atoms. The minimum atomic E-state index is -0.293. The Hall–Kier alpha value is -2.10. The number of ether oxygens (including phenoxy) is 2. The van der Waals surface area contributed by atoms with E-state index >= 15 is 0 Å². The number of hydrogen-bond donors (Lipinski definition) is 0. The van der Waals surface area contributed by atoms with Crippen LogP contribution in [0.5, 0.6) is 5.75 Å². The van der Waals surface area contributed by atoms with Crippen LogP contribution in [0.25, 0.3) is 5.69 Å². The summed E-state index contributed by atoms with van der Waals surface area (Å²) in [7, 11) is 0. The maximum atomic E-state index is 13.9. The van der Waals surface area contributed by atoms with Crippen molar-refractivity contribution in [3.8, 4) is 11.4 Å². The van der Waals surface area contributed by atoms with Crippen LogP contribution < -0.4 is 9.64 Å². The summed E-state index contributed by atoms with van der Waals surface area (Å²) >= 11 is 4.97. The van der Waals surface area contributed by atoms with Crippen molar-refractivity contribution in [3.63, 3.8) is 0 Å². The summed E-state index contributed by atoms with van der Waals surface area (Å²) < 4.78 is 28.0. The Morgan fingerprint density at radius 3 is 2.72 bits per heavy atom. The largest absolute Gasteiger partial charge is 0.493 e. The van der Waals surface area contributed by atoms with Crippen molar-refractivity contribution in [2.24, 2.45) is 0 Å². The molecule has 0 amide bonds. The van der Waals surface area contributed by atoms with E-state index in [-0.39, 0.29) is 5.82 Å². The summed E-state index contributed by atoms with van der Waals surface area (Å²) in [5, 5.41) is 9.46. The highest BCUT2D eigenvalue weighted by atomic mass is 79.9.